The first-order valence-corrected chi connectivity index (χ1v) is 9.68. The topological polar surface area (TPSA) is 92.9 Å². The first-order valence-electron chi connectivity index (χ1n) is 7.72. The largest absolute Gasteiger partial charge is 0.310 e. The van der Waals surface area contributed by atoms with Crippen LogP contribution in [0.3, 0.4) is 0 Å². The Morgan fingerprint density at radius 3 is 2.10 bits per heavy atom. The lowest BCUT2D eigenvalue weighted by atomic mass is 10.1. The fraction of sp³-hybridized carbons (Fsp3) is 0.0667. The van der Waals surface area contributed by atoms with Crippen molar-refractivity contribution in [3.05, 3.63) is 59.2 Å². The summed E-state index contributed by atoms with van der Waals surface area (Å²) in [6.45, 7) is -0.635. The first kappa shape index (κ1) is 21.5. The van der Waals surface area contributed by atoms with Crippen molar-refractivity contribution in [3.8, 4) is 11.4 Å². The zero-order valence-electron chi connectivity index (χ0n) is 14.4. The van der Waals surface area contributed by atoms with E-state index in [9.17, 15) is 33.0 Å². The molecule has 2 N–H and O–H groups in total. The van der Waals surface area contributed by atoms with E-state index < -0.39 is 50.3 Å². The predicted octanol–water partition coefficient (Wildman–Crippen LogP) is 4.44. The summed E-state index contributed by atoms with van der Waals surface area (Å²) in [6, 6.07) is 2.96. The average molecular weight is 457 g/mol. The molecule has 0 aliphatic carbocycles. The summed E-state index contributed by atoms with van der Waals surface area (Å²) in [6.07, 6.45) is 0. The van der Waals surface area contributed by atoms with Crippen LogP contribution < -0.4 is 5.48 Å². The molecule has 3 rings (SSSR count). The summed E-state index contributed by atoms with van der Waals surface area (Å²) >= 11 is 0. The summed E-state index contributed by atoms with van der Waals surface area (Å²) < 4.78 is 93.3. The Hall–Kier alpha value is -3.20. The van der Waals surface area contributed by atoms with Gasteiger partial charge in [-0.25, -0.2) is 18.9 Å². The van der Waals surface area contributed by atoms with Gasteiger partial charge in [-0.3, -0.25) is 10.0 Å². The quantitative estimate of drug-likeness (QED) is 0.336. The number of hydrogen-bond acceptors (Lipinski definition) is 5. The highest BCUT2D eigenvalue weighted by Crippen LogP contribution is 3.02. The maximum atomic E-state index is 14.2. The zero-order chi connectivity index (χ0) is 22.4. The molecule has 0 saturated carbocycles. The number of rotatable bonds is 5. The van der Waals surface area contributed by atoms with E-state index in [-0.39, 0.29) is 23.5 Å². The number of hydrogen-bond donors (Lipinski definition) is 2. The molecule has 0 aliphatic rings. The molecule has 30 heavy (non-hydrogen) atoms. The van der Waals surface area contributed by atoms with Crippen molar-refractivity contribution in [2.45, 2.75) is 11.4 Å². The van der Waals surface area contributed by atoms with Gasteiger partial charge >= 0.3 is 10.2 Å². The SMILES string of the molecule is O=C(NO)c1cc(F)c(Cn2nnnc2-c2ccc(S(F)(F)(F)(F)F)cc2)c(F)c1. The Bertz CT molecular complexity index is 1110. The van der Waals surface area contributed by atoms with Crippen LogP contribution in [0.2, 0.25) is 0 Å². The van der Waals surface area contributed by atoms with Crippen molar-refractivity contribution in [3.63, 3.8) is 0 Å². The minimum Gasteiger partial charge on any atom is -0.288 e. The Morgan fingerprint density at radius 1 is 1.03 bits per heavy atom. The zero-order valence-corrected chi connectivity index (χ0v) is 15.2. The van der Waals surface area contributed by atoms with Crippen LogP contribution in [0.4, 0.5) is 28.2 Å². The van der Waals surface area contributed by atoms with Gasteiger partial charge in [-0.15, -0.1) is 5.10 Å². The summed E-state index contributed by atoms with van der Waals surface area (Å²) in [4.78, 5) is 9.15. The van der Waals surface area contributed by atoms with E-state index in [1.807, 2.05) is 0 Å². The molecule has 0 atom stereocenters. The molecule has 0 spiro atoms. The molecule has 0 radical (unpaired) electrons. The Balaban J connectivity index is 1.95. The smallest absolute Gasteiger partial charge is 0.288 e. The maximum absolute atomic E-state index is 14.2. The van der Waals surface area contributed by atoms with Gasteiger partial charge in [0.05, 0.1) is 6.54 Å². The standard InChI is InChI=1S/C15H10F7N5O2S/c16-12-5-9(15(28)24-29)6-13(17)11(12)7-27-14(23-25-26-27)8-1-3-10(4-2-8)30(18,19,20,21)22/h1-6,29H,7H2,(H,24,28). The molecule has 0 fully saturated rings. The Kier molecular flexibility index (Phi) is 4.59. The van der Waals surface area contributed by atoms with Gasteiger partial charge < -0.3 is 0 Å². The lowest BCUT2D eigenvalue weighted by Gasteiger charge is -2.40. The molecule has 0 unspecified atom stereocenters. The molecular formula is C15H10F7N5O2S. The Morgan fingerprint density at radius 2 is 1.60 bits per heavy atom. The van der Waals surface area contributed by atoms with Crippen molar-refractivity contribution in [1.29, 1.82) is 0 Å². The van der Waals surface area contributed by atoms with Crippen molar-refractivity contribution in [2.75, 3.05) is 0 Å². The van der Waals surface area contributed by atoms with Gasteiger partial charge in [0.25, 0.3) is 5.91 Å². The second-order valence-electron chi connectivity index (χ2n) is 6.01. The second kappa shape index (κ2) is 6.40. The van der Waals surface area contributed by atoms with E-state index in [1.54, 1.807) is 0 Å². The number of aromatic nitrogens is 4. The van der Waals surface area contributed by atoms with Crippen molar-refractivity contribution < 1.29 is 38.2 Å². The van der Waals surface area contributed by atoms with Crippen LogP contribution in [0.25, 0.3) is 11.4 Å². The van der Waals surface area contributed by atoms with Crippen molar-refractivity contribution >= 4 is 16.1 Å². The molecule has 0 saturated heterocycles. The molecule has 0 bridgehead atoms. The van der Waals surface area contributed by atoms with E-state index in [0.29, 0.717) is 24.3 Å². The highest BCUT2D eigenvalue weighted by molar-refractivity contribution is 8.45. The first-order chi connectivity index (χ1) is 13.7. The third kappa shape index (κ3) is 4.35. The molecule has 3 aromatic rings. The number of nitrogens with zero attached hydrogens (tertiary/aromatic N) is 4. The number of carbonyl (C=O) groups excluding carboxylic acids is 1. The molecule has 1 amide bonds. The van der Waals surface area contributed by atoms with Crippen molar-refractivity contribution in [1.82, 2.24) is 25.7 Å². The van der Waals surface area contributed by atoms with Gasteiger partial charge in [0, 0.05) is 16.7 Å². The third-order valence-corrected chi connectivity index (χ3v) is 5.07. The number of carbonyl (C=O) groups is 1. The number of halogens is 7. The lowest BCUT2D eigenvalue weighted by Crippen LogP contribution is -2.19. The monoisotopic (exact) mass is 457 g/mol. The number of tetrazole rings is 1. The average Bonchev–Trinajstić information content (AvgIpc) is 3.10. The summed E-state index contributed by atoms with van der Waals surface area (Å²) in [5.74, 6) is -3.79. The van der Waals surface area contributed by atoms with Crippen LogP contribution in [0.1, 0.15) is 15.9 Å². The second-order valence-corrected chi connectivity index (χ2v) is 8.42. The number of nitrogens with one attached hydrogen (secondary N) is 1. The maximum Gasteiger partial charge on any atom is 0.310 e. The lowest BCUT2D eigenvalue weighted by molar-refractivity contribution is 0.0705. The summed E-state index contributed by atoms with van der Waals surface area (Å²) in [5, 5.41) is 18.8. The number of amides is 1. The van der Waals surface area contributed by atoms with Gasteiger partial charge in [-0.2, -0.15) is 0 Å². The van der Waals surface area contributed by atoms with Crippen LogP contribution in [0, 0.1) is 11.6 Å². The summed E-state index contributed by atoms with van der Waals surface area (Å²) in [5.41, 5.74) is -0.0214. The molecule has 2 aromatic carbocycles. The fourth-order valence-electron chi connectivity index (χ4n) is 2.48. The highest BCUT2D eigenvalue weighted by Gasteiger charge is 2.65. The van der Waals surface area contributed by atoms with Gasteiger partial charge in [0.15, 0.2) is 5.82 Å². The summed E-state index contributed by atoms with van der Waals surface area (Å²) in [7, 11) is -9.87. The van der Waals surface area contributed by atoms with Gasteiger partial charge in [0.2, 0.25) is 0 Å². The normalized spacial score (nSPS) is 14.1. The third-order valence-electron chi connectivity index (χ3n) is 3.90. The molecule has 0 aliphatic heterocycles. The van der Waals surface area contributed by atoms with Crippen LogP contribution in [-0.2, 0) is 6.54 Å². The number of benzene rings is 2. The predicted molar refractivity (Wildman–Crippen MR) is 89.4 cm³/mol. The van der Waals surface area contributed by atoms with Crippen molar-refractivity contribution in [2.24, 2.45) is 0 Å². The molecule has 1 aromatic heterocycles. The minimum absolute atomic E-state index is 0.123. The minimum atomic E-state index is -9.87. The molecule has 162 valence electrons. The molecular weight excluding hydrogens is 447 g/mol. The molecule has 7 nitrogen and oxygen atoms in total. The van der Waals surface area contributed by atoms with Crippen LogP contribution in [0.15, 0.2) is 41.3 Å². The van der Waals surface area contributed by atoms with Gasteiger partial charge in [-0.05, 0) is 46.8 Å². The van der Waals surface area contributed by atoms with Crippen LogP contribution >= 0.6 is 10.2 Å². The van der Waals surface area contributed by atoms with E-state index in [1.165, 1.54) is 5.48 Å². The van der Waals surface area contributed by atoms with E-state index in [4.69, 9.17) is 5.21 Å². The van der Waals surface area contributed by atoms with Crippen LogP contribution in [0.5, 0.6) is 0 Å². The van der Waals surface area contributed by atoms with E-state index >= 15 is 0 Å². The molecule has 15 heteroatoms. The van der Waals surface area contributed by atoms with E-state index in [2.05, 4.69) is 15.5 Å². The molecule has 1 heterocycles. The highest BCUT2D eigenvalue weighted by atomic mass is 32.5. The Labute approximate surface area is 162 Å². The number of hydroxylamine groups is 1. The van der Waals surface area contributed by atoms with Gasteiger partial charge in [-0.1, -0.05) is 19.4 Å². The van der Waals surface area contributed by atoms with Crippen LogP contribution in [-0.4, -0.2) is 31.3 Å². The van der Waals surface area contributed by atoms with Gasteiger partial charge in [0.1, 0.15) is 16.5 Å². The fourth-order valence-corrected chi connectivity index (χ4v) is 3.13. The van der Waals surface area contributed by atoms with E-state index in [0.717, 1.165) is 4.68 Å².